The molecule has 1 N–H and O–H groups in total. The first-order valence-electron chi connectivity index (χ1n) is 7.53. The van der Waals surface area contributed by atoms with E-state index in [0.29, 0.717) is 41.5 Å². The quantitative estimate of drug-likeness (QED) is 0.800. The van der Waals surface area contributed by atoms with Crippen LogP contribution in [-0.2, 0) is 20.6 Å². The third-order valence-corrected chi connectivity index (χ3v) is 6.73. The van der Waals surface area contributed by atoms with Crippen LogP contribution in [0.2, 0.25) is 10.0 Å². The molecule has 134 valence electrons. The maximum Gasteiger partial charge on any atom is 0.317 e. The number of aliphatic carboxylic acids is 1. The van der Waals surface area contributed by atoms with Crippen molar-refractivity contribution in [2.45, 2.75) is 24.6 Å². The fraction of sp³-hybridized carbons (Fsp3) is 0.533. The van der Waals surface area contributed by atoms with Crippen molar-refractivity contribution in [2.75, 3.05) is 26.7 Å². The van der Waals surface area contributed by atoms with E-state index >= 15 is 0 Å². The van der Waals surface area contributed by atoms with Gasteiger partial charge in [-0.15, -0.1) is 0 Å². The van der Waals surface area contributed by atoms with E-state index in [1.807, 2.05) is 0 Å². The summed E-state index contributed by atoms with van der Waals surface area (Å²) in [6.07, 6.45) is 1.19. The van der Waals surface area contributed by atoms with Crippen molar-refractivity contribution in [3.05, 3.63) is 33.8 Å². The predicted molar refractivity (Wildman–Crippen MR) is 93.9 cm³/mol. The lowest BCUT2D eigenvalue weighted by atomic mass is 10.1. The van der Waals surface area contributed by atoms with Crippen LogP contribution < -0.4 is 0 Å². The molecule has 1 aromatic rings. The van der Waals surface area contributed by atoms with Crippen LogP contribution in [-0.4, -0.2) is 61.4 Å². The van der Waals surface area contributed by atoms with E-state index in [1.165, 1.54) is 4.31 Å². The molecule has 0 aliphatic carbocycles. The van der Waals surface area contributed by atoms with E-state index in [2.05, 4.69) is 0 Å². The number of piperidine rings is 1. The highest BCUT2D eigenvalue weighted by molar-refractivity contribution is 7.88. The third-order valence-electron chi connectivity index (χ3n) is 4.21. The molecule has 0 spiro atoms. The average Bonchev–Trinajstić information content (AvgIpc) is 2.50. The summed E-state index contributed by atoms with van der Waals surface area (Å²) in [5, 5.41) is 9.51. The van der Waals surface area contributed by atoms with Crippen molar-refractivity contribution < 1.29 is 18.3 Å². The molecule has 24 heavy (non-hydrogen) atoms. The molecule has 0 aromatic heterocycles. The fourth-order valence-electron chi connectivity index (χ4n) is 2.85. The molecule has 0 saturated carbocycles. The molecule has 0 amide bonds. The van der Waals surface area contributed by atoms with E-state index < -0.39 is 16.0 Å². The standard InChI is InChI=1S/C15H20Cl2N2O4S/c1-18(9-15(20)21)11-5-7-19(8-6-11)24(22,23)10-12-13(16)3-2-4-14(12)17/h2-4,11H,5-10H2,1H3,(H,20,21). The molecular weight excluding hydrogens is 375 g/mol. The zero-order valence-corrected chi connectivity index (χ0v) is 15.6. The number of carboxylic acid groups (broad SMARTS) is 1. The maximum atomic E-state index is 12.6. The second kappa shape index (κ2) is 8.01. The van der Waals surface area contributed by atoms with Gasteiger partial charge in [-0.05, 0) is 32.0 Å². The minimum Gasteiger partial charge on any atom is -0.480 e. The molecule has 1 aromatic carbocycles. The molecule has 6 nitrogen and oxygen atoms in total. The van der Waals surface area contributed by atoms with Gasteiger partial charge in [0, 0.05) is 34.7 Å². The Hall–Kier alpha value is -0.860. The minimum atomic E-state index is -3.52. The van der Waals surface area contributed by atoms with Gasteiger partial charge in [-0.25, -0.2) is 12.7 Å². The second-order valence-corrected chi connectivity index (χ2v) is 8.68. The van der Waals surface area contributed by atoms with Gasteiger partial charge in [-0.1, -0.05) is 29.3 Å². The van der Waals surface area contributed by atoms with Crippen molar-refractivity contribution in [1.82, 2.24) is 9.21 Å². The van der Waals surface area contributed by atoms with Gasteiger partial charge < -0.3 is 5.11 Å². The molecule has 1 aliphatic heterocycles. The van der Waals surface area contributed by atoms with Crippen molar-refractivity contribution in [1.29, 1.82) is 0 Å². The molecule has 0 unspecified atom stereocenters. The minimum absolute atomic E-state index is 0.0490. The molecule has 2 rings (SSSR count). The van der Waals surface area contributed by atoms with Gasteiger partial charge >= 0.3 is 5.97 Å². The summed E-state index contributed by atoms with van der Waals surface area (Å²) in [5.41, 5.74) is 0.408. The normalized spacial score (nSPS) is 17.3. The zero-order chi connectivity index (χ0) is 17.9. The molecule has 0 atom stereocenters. The Balaban J connectivity index is 2.01. The van der Waals surface area contributed by atoms with E-state index in [-0.39, 0.29) is 18.3 Å². The largest absolute Gasteiger partial charge is 0.480 e. The zero-order valence-electron chi connectivity index (χ0n) is 13.3. The Bertz CT molecular complexity index is 683. The van der Waals surface area contributed by atoms with Crippen molar-refractivity contribution in [3.8, 4) is 0 Å². The summed E-state index contributed by atoms with van der Waals surface area (Å²) in [5.74, 6) is -1.12. The van der Waals surface area contributed by atoms with Crippen molar-refractivity contribution >= 4 is 39.2 Å². The number of halogens is 2. The predicted octanol–water partition coefficient (Wildman–Crippen LogP) is 2.30. The number of sulfonamides is 1. The molecular formula is C15H20Cl2N2O4S. The molecule has 1 fully saturated rings. The van der Waals surface area contributed by atoms with Gasteiger partial charge in [0.1, 0.15) is 0 Å². The second-order valence-electron chi connectivity index (χ2n) is 5.90. The van der Waals surface area contributed by atoms with Gasteiger partial charge in [-0.2, -0.15) is 0 Å². The summed E-state index contributed by atoms with van der Waals surface area (Å²) < 4.78 is 26.7. The summed E-state index contributed by atoms with van der Waals surface area (Å²) in [6, 6.07) is 4.97. The SMILES string of the molecule is CN(CC(=O)O)C1CCN(S(=O)(=O)Cc2c(Cl)cccc2Cl)CC1. The molecule has 0 radical (unpaired) electrons. The number of rotatable bonds is 6. The van der Waals surface area contributed by atoms with Crippen LogP contribution in [0.5, 0.6) is 0 Å². The molecule has 1 aliphatic rings. The first kappa shape index (κ1) is 19.5. The topological polar surface area (TPSA) is 77.9 Å². The molecule has 0 bridgehead atoms. The van der Waals surface area contributed by atoms with Crippen LogP contribution in [0.1, 0.15) is 18.4 Å². The Morgan fingerprint density at radius 1 is 1.29 bits per heavy atom. The monoisotopic (exact) mass is 394 g/mol. The van der Waals surface area contributed by atoms with E-state index in [1.54, 1.807) is 30.1 Å². The Morgan fingerprint density at radius 3 is 2.33 bits per heavy atom. The number of hydrogen-bond donors (Lipinski definition) is 1. The summed E-state index contributed by atoms with van der Waals surface area (Å²) >= 11 is 12.1. The number of likely N-dealkylation sites (N-methyl/N-ethyl adjacent to an activating group) is 1. The first-order valence-corrected chi connectivity index (χ1v) is 9.90. The average molecular weight is 395 g/mol. The van der Waals surface area contributed by atoms with E-state index in [4.69, 9.17) is 28.3 Å². The number of carbonyl (C=O) groups is 1. The summed E-state index contributed by atoms with van der Waals surface area (Å²) in [6.45, 7) is 0.671. The van der Waals surface area contributed by atoms with Gasteiger partial charge in [0.25, 0.3) is 0 Å². The Labute approximate surface area is 152 Å². The van der Waals surface area contributed by atoms with Crippen LogP contribution in [0.4, 0.5) is 0 Å². The highest BCUT2D eigenvalue weighted by Crippen LogP contribution is 2.28. The smallest absolute Gasteiger partial charge is 0.317 e. The Morgan fingerprint density at radius 2 is 1.83 bits per heavy atom. The number of hydrogen-bond acceptors (Lipinski definition) is 4. The van der Waals surface area contributed by atoms with Gasteiger partial charge in [0.2, 0.25) is 10.0 Å². The fourth-order valence-corrected chi connectivity index (χ4v) is 5.16. The summed E-state index contributed by atoms with van der Waals surface area (Å²) in [4.78, 5) is 12.5. The van der Waals surface area contributed by atoms with Crippen LogP contribution in [0.3, 0.4) is 0 Å². The lowest BCUT2D eigenvalue weighted by Crippen LogP contribution is -2.46. The van der Waals surface area contributed by atoms with E-state index in [0.717, 1.165) is 0 Å². The maximum absolute atomic E-state index is 12.6. The first-order chi connectivity index (χ1) is 11.2. The number of benzene rings is 1. The molecule has 9 heteroatoms. The van der Waals surface area contributed by atoms with Crippen LogP contribution >= 0.6 is 23.2 Å². The highest BCUT2D eigenvalue weighted by atomic mass is 35.5. The number of nitrogens with zero attached hydrogens (tertiary/aromatic N) is 2. The Kier molecular flexibility index (Phi) is 6.50. The van der Waals surface area contributed by atoms with Crippen LogP contribution in [0.25, 0.3) is 0 Å². The third kappa shape index (κ3) is 4.83. The van der Waals surface area contributed by atoms with Gasteiger partial charge in [0.05, 0.1) is 12.3 Å². The molecule has 1 heterocycles. The van der Waals surface area contributed by atoms with Crippen LogP contribution in [0, 0.1) is 0 Å². The van der Waals surface area contributed by atoms with Gasteiger partial charge in [0.15, 0.2) is 0 Å². The van der Waals surface area contributed by atoms with Crippen molar-refractivity contribution in [3.63, 3.8) is 0 Å². The lowest BCUT2D eigenvalue weighted by Gasteiger charge is -2.35. The van der Waals surface area contributed by atoms with Gasteiger partial charge in [-0.3, -0.25) is 9.69 Å². The van der Waals surface area contributed by atoms with E-state index in [9.17, 15) is 13.2 Å². The van der Waals surface area contributed by atoms with Crippen LogP contribution in [0.15, 0.2) is 18.2 Å². The summed E-state index contributed by atoms with van der Waals surface area (Å²) in [7, 11) is -1.78. The highest BCUT2D eigenvalue weighted by Gasteiger charge is 2.31. The number of carboxylic acids is 1. The molecule has 1 saturated heterocycles. The van der Waals surface area contributed by atoms with Crippen molar-refractivity contribution in [2.24, 2.45) is 0 Å². The lowest BCUT2D eigenvalue weighted by molar-refractivity contribution is -0.138.